The lowest BCUT2D eigenvalue weighted by molar-refractivity contribution is -0.120. The fraction of sp³-hybridized carbons (Fsp3) is 0.273. The third-order valence-electron chi connectivity index (χ3n) is 2.45. The average Bonchev–Trinajstić information content (AvgIpc) is 2.74. The quantitative estimate of drug-likeness (QED) is 0.788. The van der Waals surface area contributed by atoms with E-state index < -0.39 is 0 Å². The molecule has 0 spiro atoms. The van der Waals surface area contributed by atoms with Crippen molar-refractivity contribution in [2.75, 3.05) is 7.05 Å². The van der Waals surface area contributed by atoms with E-state index in [4.69, 9.17) is 0 Å². The minimum Gasteiger partial charge on any atom is -0.359 e. The maximum atomic E-state index is 11.1. The maximum absolute atomic E-state index is 11.1. The van der Waals surface area contributed by atoms with Crippen molar-refractivity contribution < 1.29 is 4.79 Å². The molecular formula is C11H13N3O. The second-order valence-corrected chi connectivity index (χ2v) is 3.38. The van der Waals surface area contributed by atoms with Gasteiger partial charge in [-0.3, -0.25) is 4.79 Å². The summed E-state index contributed by atoms with van der Waals surface area (Å²) in [6, 6.07) is 3.95. The number of hydrogen-bond donors (Lipinski definition) is 2. The molecule has 0 aromatic carbocycles. The van der Waals surface area contributed by atoms with Crippen molar-refractivity contribution in [2.24, 2.45) is 0 Å². The van der Waals surface area contributed by atoms with Gasteiger partial charge in [0.15, 0.2) is 0 Å². The zero-order valence-electron chi connectivity index (χ0n) is 8.58. The van der Waals surface area contributed by atoms with E-state index in [9.17, 15) is 4.79 Å². The van der Waals surface area contributed by atoms with Gasteiger partial charge in [0.25, 0.3) is 0 Å². The van der Waals surface area contributed by atoms with Gasteiger partial charge in [-0.2, -0.15) is 0 Å². The Bertz CT molecular complexity index is 475. The molecule has 15 heavy (non-hydrogen) atoms. The Labute approximate surface area is 87.7 Å². The summed E-state index contributed by atoms with van der Waals surface area (Å²) in [7, 11) is 1.65. The Kier molecular flexibility index (Phi) is 2.67. The molecule has 0 aliphatic rings. The number of aryl methyl sites for hydroxylation is 1. The fourth-order valence-electron chi connectivity index (χ4n) is 1.61. The van der Waals surface area contributed by atoms with Crippen LogP contribution < -0.4 is 5.32 Å². The Morgan fingerprint density at radius 3 is 3.20 bits per heavy atom. The fourth-order valence-corrected chi connectivity index (χ4v) is 1.61. The first-order valence-corrected chi connectivity index (χ1v) is 4.93. The predicted molar refractivity (Wildman–Crippen MR) is 58.5 cm³/mol. The van der Waals surface area contributed by atoms with Gasteiger partial charge < -0.3 is 10.3 Å². The molecule has 0 saturated carbocycles. The third kappa shape index (κ3) is 1.98. The summed E-state index contributed by atoms with van der Waals surface area (Å²) in [6.07, 6.45) is 4.89. The zero-order chi connectivity index (χ0) is 10.7. The Morgan fingerprint density at radius 1 is 1.53 bits per heavy atom. The van der Waals surface area contributed by atoms with Crippen LogP contribution in [0.15, 0.2) is 24.5 Å². The van der Waals surface area contributed by atoms with E-state index in [1.54, 1.807) is 13.2 Å². The molecule has 2 rings (SSSR count). The number of carbonyl (C=O) groups excluding carboxylic acids is 1. The molecule has 0 aliphatic carbocycles. The number of carbonyl (C=O) groups is 1. The van der Waals surface area contributed by atoms with E-state index in [1.807, 2.05) is 18.3 Å². The van der Waals surface area contributed by atoms with E-state index in [1.165, 1.54) is 0 Å². The van der Waals surface area contributed by atoms with Gasteiger partial charge in [0, 0.05) is 31.2 Å². The third-order valence-corrected chi connectivity index (χ3v) is 2.45. The van der Waals surface area contributed by atoms with Crippen LogP contribution in [0.4, 0.5) is 0 Å². The van der Waals surface area contributed by atoms with Gasteiger partial charge >= 0.3 is 0 Å². The lowest BCUT2D eigenvalue weighted by Crippen LogP contribution is -2.17. The van der Waals surface area contributed by atoms with Crippen LogP contribution in [0.1, 0.15) is 12.0 Å². The van der Waals surface area contributed by atoms with E-state index in [0.29, 0.717) is 6.42 Å². The molecule has 0 aliphatic heterocycles. The summed E-state index contributed by atoms with van der Waals surface area (Å²) in [5, 5.41) is 3.71. The molecule has 2 heterocycles. The van der Waals surface area contributed by atoms with Crippen LogP contribution in [0.25, 0.3) is 11.0 Å². The van der Waals surface area contributed by atoms with Crippen LogP contribution in [-0.4, -0.2) is 22.9 Å². The van der Waals surface area contributed by atoms with Crippen LogP contribution in [0, 0.1) is 0 Å². The van der Waals surface area contributed by atoms with E-state index in [-0.39, 0.29) is 5.91 Å². The molecule has 0 radical (unpaired) electrons. The molecule has 0 unspecified atom stereocenters. The van der Waals surface area contributed by atoms with Crippen molar-refractivity contribution in [1.29, 1.82) is 0 Å². The summed E-state index contributed by atoms with van der Waals surface area (Å²) in [5.41, 5.74) is 2.04. The molecule has 0 bridgehead atoms. The Morgan fingerprint density at radius 2 is 2.40 bits per heavy atom. The number of amides is 1. The first-order chi connectivity index (χ1) is 7.31. The molecule has 2 N–H and O–H groups in total. The van der Waals surface area contributed by atoms with E-state index in [2.05, 4.69) is 15.3 Å². The van der Waals surface area contributed by atoms with Crippen molar-refractivity contribution >= 4 is 16.9 Å². The van der Waals surface area contributed by atoms with Gasteiger partial charge in [0.05, 0.1) is 0 Å². The van der Waals surface area contributed by atoms with Gasteiger partial charge in [0.2, 0.25) is 5.91 Å². The van der Waals surface area contributed by atoms with Crippen molar-refractivity contribution in [3.05, 3.63) is 30.1 Å². The minimum atomic E-state index is 0.0653. The van der Waals surface area contributed by atoms with Crippen molar-refractivity contribution in [3.8, 4) is 0 Å². The number of fused-ring (bicyclic) bond motifs is 1. The molecular weight excluding hydrogens is 190 g/mol. The molecule has 4 heteroatoms. The van der Waals surface area contributed by atoms with Crippen molar-refractivity contribution in [3.63, 3.8) is 0 Å². The first-order valence-electron chi connectivity index (χ1n) is 4.93. The second-order valence-electron chi connectivity index (χ2n) is 3.38. The summed E-state index contributed by atoms with van der Waals surface area (Å²) >= 11 is 0. The van der Waals surface area contributed by atoms with Crippen LogP contribution in [-0.2, 0) is 11.2 Å². The normalized spacial score (nSPS) is 10.5. The highest BCUT2D eigenvalue weighted by Crippen LogP contribution is 2.16. The number of nitrogens with zero attached hydrogens (tertiary/aromatic N) is 1. The van der Waals surface area contributed by atoms with Gasteiger partial charge in [-0.15, -0.1) is 0 Å². The van der Waals surface area contributed by atoms with Crippen LogP contribution in [0.2, 0.25) is 0 Å². The lowest BCUT2D eigenvalue weighted by atomic mass is 10.1. The van der Waals surface area contributed by atoms with Crippen molar-refractivity contribution in [2.45, 2.75) is 12.8 Å². The largest absolute Gasteiger partial charge is 0.359 e. The summed E-state index contributed by atoms with van der Waals surface area (Å²) in [6.45, 7) is 0. The number of nitrogens with one attached hydrogen (secondary N) is 2. The number of aromatic amines is 1. The molecule has 0 fully saturated rings. The first kappa shape index (κ1) is 9.71. The lowest BCUT2D eigenvalue weighted by Gasteiger charge is -2.02. The number of hydrogen-bond acceptors (Lipinski definition) is 2. The highest BCUT2D eigenvalue weighted by Gasteiger charge is 2.04. The highest BCUT2D eigenvalue weighted by atomic mass is 16.1. The Hall–Kier alpha value is -1.84. The van der Waals surface area contributed by atoms with Gasteiger partial charge in [0.1, 0.15) is 5.65 Å². The summed E-state index contributed by atoms with van der Waals surface area (Å²) in [4.78, 5) is 18.4. The highest BCUT2D eigenvalue weighted by molar-refractivity contribution is 5.81. The summed E-state index contributed by atoms with van der Waals surface area (Å²) < 4.78 is 0. The van der Waals surface area contributed by atoms with E-state index >= 15 is 0 Å². The van der Waals surface area contributed by atoms with E-state index in [0.717, 1.165) is 23.0 Å². The SMILES string of the molecule is CNC(=O)CCc1ccnc2[nH]ccc12. The zero-order valence-corrected chi connectivity index (χ0v) is 8.58. The number of aromatic nitrogens is 2. The van der Waals surface area contributed by atoms with Gasteiger partial charge in [-0.05, 0) is 24.1 Å². The number of rotatable bonds is 3. The monoisotopic (exact) mass is 203 g/mol. The average molecular weight is 203 g/mol. The molecule has 2 aromatic rings. The van der Waals surface area contributed by atoms with Crippen LogP contribution in [0.5, 0.6) is 0 Å². The van der Waals surface area contributed by atoms with Gasteiger partial charge in [-0.25, -0.2) is 4.98 Å². The predicted octanol–water partition coefficient (Wildman–Crippen LogP) is 1.24. The maximum Gasteiger partial charge on any atom is 0.220 e. The smallest absolute Gasteiger partial charge is 0.220 e. The molecule has 78 valence electrons. The Balaban J connectivity index is 2.20. The standard InChI is InChI=1S/C11H13N3O/c1-12-10(15)3-2-8-4-6-13-11-9(8)5-7-14-11/h4-7H,2-3H2,1H3,(H,12,15)(H,13,14). The summed E-state index contributed by atoms with van der Waals surface area (Å²) in [5.74, 6) is 0.0653. The molecule has 1 amide bonds. The van der Waals surface area contributed by atoms with Crippen molar-refractivity contribution in [1.82, 2.24) is 15.3 Å². The minimum absolute atomic E-state index is 0.0653. The number of pyridine rings is 1. The molecule has 4 nitrogen and oxygen atoms in total. The topological polar surface area (TPSA) is 57.8 Å². The molecule has 0 atom stereocenters. The van der Waals surface area contributed by atoms with Crippen LogP contribution >= 0.6 is 0 Å². The molecule has 2 aromatic heterocycles. The number of H-pyrrole nitrogens is 1. The second kappa shape index (κ2) is 4.13. The van der Waals surface area contributed by atoms with Gasteiger partial charge in [-0.1, -0.05) is 0 Å². The molecule has 0 saturated heterocycles. The van der Waals surface area contributed by atoms with Crippen LogP contribution in [0.3, 0.4) is 0 Å².